The largest absolute Gasteiger partial charge is 0.495 e. The van der Waals surface area contributed by atoms with Crippen molar-refractivity contribution in [1.29, 1.82) is 0 Å². The third-order valence-electron chi connectivity index (χ3n) is 5.04. The van der Waals surface area contributed by atoms with E-state index in [2.05, 4.69) is 41.5 Å². The van der Waals surface area contributed by atoms with Gasteiger partial charge in [-0.25, -0.2) is 0 Å². The van der Waals surface area contributed by atoms with E-state index >= 15 is 0 Å². The maximum Gasteiger partial charge on any atom is 0.495 e. The fourth-order valence-corrected chi connectivity index (χ4v) is 2.77. The third kappa shape index (κ3) is 4.13. The van der Waals surface area contributed by atoms with Gasteiger partial charge >= 0.3 is 7.12 Å². The van der Waals surface area contributed by atoms with Crippen molar-refractivity contribution in [3.63, 3.8) is 0 Å². The number of hydrogen-bond donors (Lipinski definition) is 1. The van der Waals surface area contributed by atoms with Crippen LogP contribution in [0.4, 0.5) is 0 Å². The van der Waals surface area contributed by atoms with E-state index in [1.807, 2.05) is 12.1 Å². The Morgan fingerprint density at radius 2 is 1.50 bits per heavy atom. The fraction of sp³-hybridized carbons (Fsp3) is 0.684. The molecule has 0 amide bonds. The molecule has 1 saturated heterocycles. The van der Waals surface area contributed by atoms with Gasteiger partial charge in [0.15, 0.2) is 0 Å². The summed E-state index contributed by atoms with van der Waals surface area (Å²) in [6.45, 7) is 16.4. The Kier molecular flexibility index (Phi) is 5.11. The van der Waals surface area contributed by atoms with Gasteiger partial charge in [-0.05, 0) is 84.1 Å². The first-order valence-corrected chi connectivity index (χ1v) is 8.64. The highest BCUT2D eigenvalue weighted by Gasteiger charge is 2.52. The summed E-state index contributed by atoms with van der Waals surface area (Å²) in [4.78, 5) is 0. The molecule has 0 aromatic heterocycles. The molecule has 1 heterocycles. The summed E-state index contributed by atoms with van der Waals surface area (Å²) in [7, 11) is -0.361. The molecule has 0 bridgehead atoms. The highest BCUT2D eigenvalue weighted by atomic mass is 16.7. The molecule has 0 spiro atoms. The summed E-state index contributed by atoms with van der Waals surface area (Å²) >= 11 is 0. The number of rotatable bonds is 5. The zero-order valence-corrected chi connectivity index (χ0v) is 16.3. The molecule has 2 rings (SSSR count). The first-order valence-electron chi connectivity index (χ1n) is 8.64. The van der Waals surface area contributed by atoms with Crippen LogP contribution in [0.15, 0.2) is 12.1 Å². The SMILES string of the molecule is Cc1cc(OCCC(C)(C)O)cc(C)c1B1OC(C)(C)C(C)(C)O1. The molecular formula is C19H31BO4. The smallest absolute Gasteiger partial charge is 0.493 e. The number of benzene rings is 1. The van der Waals surface area contributed by atoms with Crippen LogP contribution in [-0.4, -0.2) is 35.6 Å². The lowest BCUT2D eigenvalue weighted by Crippen LogP contribution is -2.41. The zero-order valence-electron chi connectivity index (χ0n) is 16.3. The van der Waals surface area contributed by atoms with E-state index in [0.717, 1.165) is 22.3 Å². The number of aliphatic hydroxyl groups is 1. The van der Waals surface area contributed by atoms with Gasteiger partial charge in [0.25, 0.3) is 0 Å². The van der Waals surface area contributed by atoms with Crippen LogP contribution < -0.4 is 10.2 Å². The Hall–Kier alpha value is -1.04. The van der Waals surface area contributed by atoms with E-state index in [1.54, 1.807) is 13.8 Å². The van der Waals surface area contributed by atoms with Gasteiger partial charge in [0.05, 0.1) is 23.4 Å². The van der Waals surface area contributed by atoms with E-state index in [0.29, 0.717) is 13.0 Å². The van der Waals surface area contributed by atoms with Crippen LogP contribution in [-0.2, 0) is 9.31 Å². The number of hydrogen-bond acceptors (Lipinski definition) is 4. The predicted octanol–water partition coefficient (Wildman–Crippen LogP) is 3.14. The monoisotopic (exact) mass is 334 g/mol. The quantitative estimate of drug-likeness (QED) is 0.841. The van der Waals surface area contributed by atoms with E-state index < -0.39 is 5.60 Å². The van der Waals surface area contributed by atoms with E-state index in [9.17, 15) is 5.11 Å². The molecule has 1 aromatic rings. The van der Waals surface area contributed by atoms with E-state index in [-0.39, 0.29) is 18.3 Å². The Morgan fingerprint density at radius 1 is 1.04 bits per heavy atom. The van der Waals surface area contributed by atoms with Gasteiger partial charge in [-0.1, -0.05) is 0 Å². The summed E-state index contributed by atoms with van der Waals surface area (Å²) in [5.74, 6) is 0.814. The van der Waals surface area contributed by atoms with Crippen LogP contribution in [0.3, 0.4) is 0 Å². The standard InChI is InChI=1S/C19H31BO4/c1-13-11-15(22-10-9-17(3,4)21)12-14(2)16(13)20-23-18(5,6)19(7,8)24-20/h11-12,21H,9-10H2,1-8H3. The number of aryl methyl sites for hydroxylation is 2. The molecule has 5 heteroatoms. The molecule has 24 heavy (non-hydrogen) atoms. The predicted molar refractivity (Wildman–Crippen MR) is 98.0 cm³/mol. The van der Waals surface area contributed by atoms with Crippen LogP contribution in [0.5, 0.6) is 5.75 Å². The van der Waals surface area contributed by atoms with Crippen LogP contribution in [0.1, 0.15) is 59.1 Å². The normalized spacial score (nSPS) is 19.6. The van der Waals surface area contributed by atoms with Crippen molar-refractivity contribution in [3.8, 4) is 5.75 Å². The highest BCUT2D eigenvalue weighted by molar-refractivity contribution is 6.63. The van der Waals surface area contributed by atoms with Crippen molar-refractivity contribution in [2.24, 2.45) is 0 Å². The van der Waals surface area contributed by atoms with Crippen molar-refractivity contribution in [3.05, 3.63) is 23.3 Å². The maximum absolute atomic E-state index is 9.78. The van der Waals surface area contributed by atoms with Crippen molar-refractivity contribution in [2.45, 2.75) is 78.6 Å². The molecule has 1 aliphatic rings. The average Bonchev–Trinajstić information content (AvgIpc) is 2.55. The maximum atomic E-state index is 9.78. The molecule has 0 atom stereocenters. The molecule has 134 valence electrons. The topological polar surface area (TPSA) is 47.9 Å². The lowest BCUT2D eigenvalue weighted by Gasteiger charge is -2.32. The van der Waals surface area contributed by atoms with E-state index in [4.69, 9.17) is 14.0 Å². The van der Waals surface area contributed by atoms with Crippen LogP contribution in [0.25, 0.3) is 0 Å². The molecular weight excluding hydrogens is 303 g/mol. The second-order valence-electron chi connectivity index (χ2n) is 8.47. The van der Waals surface area contributed by atoms with Gasteiger partial charge in [0.1, 0.15) is 5.75 Å². The minimum atomic E-state index is -0.716. The number of ether oxygens (including phenoxy) is 1. The van der Waals surface area contributed by atoms with Gasteiger partial charge in [-0.15, -0.1) is 0 Å². The van der Waals surface area contributed by atoms with Crippen LogP contribution in [0.2, 0.25) is 0 Å². The second kappa shape index (κ2) is 6.36. The molecule has 0 unspecified atom stereocenters. The van der Waals surface area contributed by atoms with Crippen molar-refractivity contribution >= 4 is 12.6 Å². The second-order valence-corrected chi connectivity index (χ2v) is 8.47. The fourth-order valence-electron chi connectivity index (χ4n) is 2.77. The minimum Gasteiger partial charge on any atom is -0.493 e. The van der Waals surface area contributed by atoms with Gasteiger partial charge in [-0.2, -0.15) is 0 Å². The Labute approximate surface area is 146 Å². The summed E-state index contributed by atoms with van der Waals surface area (Å²) in [5, 5.41) is 9.78. The molecule has 0 radical (unpaired) electrons. The summed E-state index contributed by atoms with van der Waals surface area (Å²) < 4.78 is 18.2. The van der Waals surface area contributed by atoms with Gasteiger partial charge in [0.2, 0.25) is 0 Å². The Morgan fingerprint density at radius 3 is 1.92 bits per heavy atom. The van der Waals surface area contributed by atoms with Crippen LogP contribution >= 0.6 is 0 Å². The molecule has 0 aliphatic carbocycles. The molecule has 1 N–H and O–H groups in total. The molecule has 1 aliphatic heterocycles. The third-order valence-corrected chi connectivity index (χ3v) is 5.04. The Bertz CT molecular complexity index is 563. The Balaban J connectivity index is 2.17. The summed E-state index contributed by atoms with van der Waals surface area (Å²) in [6, 6.07) is 4.02. The van der Waals surface area contributed by atoms with Crippen molar-refractivity contribution < 1.29 is 19.2 Å². The first kappa shape index (κ1) is 19.3. The van der Waals surface area contributed by atoms with Gasteiger partial charge in [0, 0.05) is 6.42 Å². The molecule has 0 saturated carbocycles. The van der Waals surface area contributed by atoms with Crippen molar-refractivity contribution in [2.75, 3.05) is 6.61 Å². The van der Waals surface area contributed by atoms with E-state index in [1.165, 1.54) is 0 Å². The van der Waals surface area contributed by atoms with Crippen molar-refractivity contribution in [1.82, 2.24) is 0 Å². The van der Waals surface area contributed by atoms with Gasteiger partial charge < -0.3 is 19.2 Å². The lowest BCUT2D eigenvalue weighted by molar-refractivity contribution is 0.00578. The average molecular weight is 334 g/mol. The summed E-state index contributed by atoms with van der Waals surface area (Å²) in [5.41, 5.74) is 1.84. The summed E-state index contributed by atoms with van der Waals surface area (Å²) in [6.07, 6.45) is 0.587. The molecule has 4 nitrogen and oxygen atoms in total. The first-order chi connectivity index (χ1) is 10.8. The lowest BCUT2D eigenvalue weighted by atomic mass is 9.73. The van der Waals surface area contributed by atoms with Gasteiger partial charge in [-0.3, -0.25) is 0 Å². The molecule has 1 aromatic carbocycles. The van der Waals surface area contributed by atoms with Crippen LogP contribution in [0, 0.1) is 13.8 Å². The highest BCUT2D eigenvalue weighted by Crippen LogP contribution is 2.37. The molecule has 1 fully saturated rings. The zero-order chi connectivity index (χ0) is 18.3. The minimum absolute atomic E-state index is 0.349.